The molecule has 5 rings (SSSR count). The van der Waals surface area contributed by atoms with Crippen LogP contribution in [0.5, 0.6) is 0 Å². The molecule has 4 nitrogen and oxygen atoms in total. The average molecular weight is 538 g/mol. The van der Waals surface area contributed by atoms with Gasteiger partial charge in [0.1, 0.15) is 11.5 Å². The second-order valence-electron chi connectivity index (χ2n) is 8.77. The highest BCUT2D eigenvalue weighted by atomic mass is 35.5. The maximum Gasteiger partial charge on any atom is 0.433 e. The molecule has 192 valence electrons. The third-order valence-corrected chi connectivity index (χ3v) is 6.59. The lowest BCUT2D eigenvalue weighted by Crippen LogP contribution is -2.26. The van der Waals surface area contributed by atoms with E-state index in [1.807, 2.05) is 35.0 Å². The van der Waals surface area contributed by atoms with Crippen LogP contribution in [0.15, 0.2) is 91.3 Å². The Labute approximate surface area is 220 Å². The summed E-state index contributed by atoms with van der Waals surface area (Å²) >= 11 is 6.48. The van der Waals surface area contributed by atoms with Crippen molar-refractivity contribution in [2.45, 2.75) is 19.1 Å². The fourth-order valence-corrected chi connectivity index (χ4v) is 4.51. The summed E-state index contributed by atoms with van der Waals surface area (Å²) < 4.78 is 53.9. The number of carbonyl (C=O) groups is 1. The van der Waals surface area contributed by atoms with Crippen LogP contribution < -0.4 is 5.32 Å². The van der Waals surface area contributed by atoms with E-state index in [2.05, 4.69) is 10.3 Å². The van der Waals surface area contributed by atoms with E-state index >= 15 is 0 Å². The summed E-state index contributed by atoms with van der Waals surface area (Å²) in [6, 6.07) is 20.2. The first-order chi connectivity index (χ1) is 18.1. The number of nitrogens with one attached hydrogen (secondary N) is 1. The zero-order valence-electron chi connectivity index (χ0n) is 19.9. The summed E-state index contributed by atoms with van der Waals surface area (Å²) in [6.07, 6.45) is -1.55. The minimum Gasteiger partial charge on any atom is -0.345 e. The Hall–Kier alpha value is -4.17. The Morgan fingerprint density at radius 1 is 0.974 bits per heavy atom. The van der Waals surface area contributed by atoms with E-state index in [0.29, 0.717) is 27.4 Å². The number of amides is 1. The standard InChI is InChI=1S/C29H20ClF4N3O/c1-17(19-7-13-27(35-15-19)29(32,33)34)36-28(38)18-6-12-23-24(22-4-2-3-5-25(22)30)16-37(26(23)14-18)21-10-8-20(31)9-11-21/h2-17H,1H3,(H,36,38)/t17-/m0/s1. The van der Waals surface area contributed by atoms with Crippen molar-refractivity contribution in [3.63, 3.8) is 0 Å². The molecule has 0 unspecified atom stereocenters. The van der Waals surface area contributed by atoms with Gasteiger partial charge in [0.2, 0.25) is 0 Å². The molecule has 0 radical (unpaired) electrons. The normalized spacial score (nSPS) is 12.5. The summed E-state index contributed by atoms with van der Waals surface area (Å²) in [7, 11) is 0. The van der Waals surface area contributed by atoms with Crippen molar-refractivity contribution in [1.82, 2.24) is 14.9 Å². The van der Waals surface area contributed by atoms with Crippen LogP contribution in [0.25, 0.3) is 27.7 Å². The smallest absolute Gasteiger partial charge is 0.345 e. The van der Waals surface area contributed by atoms with Crippen LogP contribution in [0, 0.1) is 5.82 Å². The van der Waals surface area contributed by atoms with Crippen molar-refractivity contribution in [2.24, 2.45) is 0 Å². The number of benzene rings is 3. The molecule has 9 heteroatoms. The molecule has 2 heterocycles. The van der Waals surface area contributed by atoms with Gasteiger partial charge in [0.15, 0.2) is 0 Å². The number of hydrogen-bond acceptors (Lipinski definition) is 2. The van der Waals surface area contributed by atoms with Crippen molar-refractivity contribution in [3.05, 3.63) is 119 Å². The second-order valence-corrected chi connectivity index (χ2v) is 9.18. The Bertz CT molecular complexity index is 1630. The van der Waals surface area contributed by atoms with E-state index in [4.69, 9.17) is 11.6 Å². The zero-order chi connectivity index (χ0) is 27.0. The quantitative estimate of drug-likeness (QED) is 0.231. The predicted molar refractivity (Wildman–Crippen MR) is 139 cm³/mol. The molecule has 1 atom stereocenters. The highest BCUT2D eigenvalue weighted by molar-refractivity contribution is 6.33. The van der Waals surface area contributed by atoms with Gasteiger partial charge < -0.3 is 9.88 Å². The van der Waals surface area contributed by atoms with Crippen LogP contribution in [0.2, 0.25) is 5.02 Å². The van der Waals surface area contributed by atoms with E-state index in [1.54, 1.807) is 37.3 Å². The highest BCUT2D eigenvalue weighted by Crippen LogP contribution is 2.37. The first kappa shape index (κ1) is 25.5. The van der Waals surface area contributed by atoms with Gasteiger partial charge in [-0.15, -0.1) is 0 Å². The van der Waals surface area contributed by atoms with E-state index < -0.39 is 23.8 Å². The molecule has 38 heavy (non-hydrogen) atoms. The average Bonchev–Trinajstić information content (AvgIpc) is 3.27. The van der Waals surface area contributed by atoms with Crippen molar-refractivity contribution >= 4 is 28.4 Å². The summed E-state index contributed by atoms with van der Waals surface area (Å²) in [5.74, 6) is -0.784. The van der Waals surface area contributed by atoms with E-state index in [-0.39, 0.29) is 5.82 Å². The number of halogens is 5. The molecule has 0 aliphatic rings. The molecule has 3 aromatic carbocycles. The summed E-state index contributed by atoms with van der Waals surface area (Å²) in [5, 5.41) is 4.20. The van der Waals surface area contributed by atoms with Gasteiger partial charge in [0.25, 0.3) is 5.91 Å². The number of alkyl halides is 3. The van der Waals surface area contributed by atoms with E-state index in [1.165, 1.54) is 18.2 Å². The molecule has 0 spiro atoms. The fourth-order valence-electron chi connectivity index (χ4n) is 4.27. The maximum atomic E-state index is 13.6. The Morgan fingerprint density at radius 2 is 1.71 bits per heavy atom. The molecular formula is C29H20ClF4N3O. The van der Waals surface area contributed by atoms with Gasteiger partial charge in [-0.3, -0.25) is 9.78 Å². The van der Waals surface area contributed by atoms with Crippen LogP contribution in [0.4, 0.5) is 17.6 Å². The number of hydrogen-bond donors (Lipinski definition) is 1. The topological polar surface area (TPSA) is 46.9 Å². The van der Waals surface area contributed by atoms with Crippen molar-refractivity contribution < 1.29 is 22.4 Å². The monoisotopic (exact) mass is 537 g/mol. The zero-order valence-corrected chi connectivity index (χ0v) is 20.7. The first-order valence-electron chi connectivity index (χ1n) is 11.6. The molecular weight excluding hydrogens is 518 g/mol. The van der Waals surface area contributed by atoms with E-state index in [9.17, 15) is 22.4 Å². The molecule has 0 fully saturated rings. The van der Waals surface area contributed by atoms with Gasteiger partial charge in [-0.2, -0.15) is 13.2 Å². The van der Waals surface area contributed by atoms with Gasteiger partial charge in [-0.25, -0.2) is 4.39 Å². The molecule has 0 saturated carbocycles. The Morgan fingerprint density at radius 3 is 2.37 bits per heavy atom. The van der Waals surface area contributed by atoms with Gasteiger partial charge >= 0.3 is 6.18 Å². The minimum absolute atomic E-state index is 0.344. The SMILES string of the molecule is C[C@H](NC(=O)c1ccc2c(-c3ccccc3Cl)cn(-c3ccc(F)cc3)c2c1)c1ccc(C(F)(F)F)nc1. The van der Waals surface area contributed by atoms with Crippen LogP contribution >= 0.6 is 11.6 Å². The van der Waals surface area contributed by atoms with Crippen LogP contribution in [-0.4, -0.2) is 15.5 Å². The lowest BCUT2D eigenvalue weighted by atomic mass is 10.0. The third-order valence-electron chi connectivity index (χ3n) is 6.26. The molecule has 0 aliphatic heterocycles. The van der Waals surface area contributed by atoms with Crippen molar-refractivity contribution in [1.29, 1.82) is 0 Å². The van der Waals surface area contributed by atoms with Crippen molar-refractivity contribution in [3.8, 4) is 16.8 Å². The van der Waals surface area contributed by atoms with Gasteiger partial charge in [0, 0.05) is 45.2 Å². The summed E-state index contributed by atoms with van der Waals surface area (Å²) in [5.41, 5.74) is 2.81. The number of fused-ring (bicyclic) bond motifs is 1. The molecule has 0 bridgehead atoms. The molecule has 5 aromatic rings. The number of rotatable bonds is 5. The highest BCUT2D eigenvalue weighted by Gasteiger charge is 2.32. The molecule has 1 amide bonds. The number of aromatic nitrogens is 2. The number of carbonyl (C=O) groups excluding carboxylic acids is 1. The van der Waals surface area contributed by atoms with Gasteiger partial charge in [0.05, 0.1) is 11.6 Å². The molecule has 2 aromatic heterocycles. The van der Waals surface area contributed by atoms with E-state index in [0.717, 1.165) is 28.8 Å². The Balaban J connectivity index is 1.51. The predicted octanol–water partition coefficient (Wildman–Crippen LogP) is 7.99. The number of pyridine rings is 1. The molecule has 0 aliphatic carbocycles. The largest absolute Gasteiger partial charge is 0.433 e. The van der Waals surface area contributed by atoms with Crippen LogP contribution in [0.3, 0.4) is 0 Å². The lowest BCUT2D eigenvalue weighted by Gasteiger charge is -2.15. The maximum absolute atomic E-state index is 13.6. The third kappa shape index (κ3) is 4.99. The van der Waals surface area contributed by atoms with Gasteiger partial charge in [-0.05, 0) is 61.0 Å². The van der Waals surface area contributed by atoms with Crippen molar-refractivity contribution in [2.75, 3.05) is 0 Å². The Kier molecular flexibility index (Phi) is 6.67. The summed E-state index contributed by atoms with van der Waals surface area (Å²) in [6.45, 7) is 1.66. The first-order valence-corrected chi connectivity index (χ1v) is 12.0. The van der Waals surface area contributed by atoms with Crippen LogP contribution in [-0.2, 0) is 6.18 Å². The van der Waals surface area contributed by atoms with Crippen LogP contribution in [0.1, 0.15) is 34.6 Å². The lowest BCUT2D eigenvalue weighted by molar-refractivity contribution is -0.141. The van der Waals surface area contributed by atoms with Gasteiger partial charge in [-0.1, -0.05) is 41.9 Å². The second kappa shape index (κ2) is 9.95. The molecule has 0 saturated heterocycles. The minimum atomic E-state index is -4.54. The number of nitrogens with zero attached hydrogens (tertiary/aromatic N) is 2. The summed E-state index contributed by atoms with van der Waals surface area (Å²) in [4.78, 5) is 16.6. The fraction of sp³-hybridized carbons (Fsp3) is 0.103. The molecule has 1 N–H and O–H groups in total.